The number of amides is 1. The van der Waals surface area contributed by atoms with Gasteiger partial charge in [-0.15, -0.1) is 0 Å². The Morgan fingerprint density at radius 1 is 1.33 bits per heavy atom. The van der Waals surface area contributed by atoms with Crippen LogP contribution in [0.25, 0.3) is 0 Å². The van der Waals surface area contributed by atoms with E-state index in [1.54, 1.807) is 6.07 Å². The molecule has 0 unspecified atom stereocenters. The Balaban J connectivity index is 2.60. The van der Waals surface area contributed by atoms with Crippen molar-refractivity contribution in [1.82, 2.24) is 4.90 Å². The molecule has 0 aliphatic carbocycles. The monoisotopic (exact) mass is 409 g/mol. The van der Waals surface area contributed by atoms with Crippen LogP contribution in [0.1, 0.15) is 19.4 Å². The summed E-state index contributed by atoms with van der Waals surface area (Å²) < 4.78 is 52.1. The van der Waals surface area contributed by atoms with Crippen LogP contribution in [0.5, 0.6) is 0 Å². The van der Waals surface area contributed by atoms with Crippen molar-refractivity contribution in [2.24, 2.45) is 5.92 Å². The second-order valence-corrected chi connectivity index (χ2v) is 6.55. The summed E-state index contributed by atoms with van der Waals surface area (Å²) in [6.07, 6.45) is -4.94. The fourth-order valence-electron chi connectivity index (χ4n) is 2.73. The van der Waals surface area contributed by atoms with Crippen molar-refractivity contribution in [2.45, 2.75) is 31.7 Å². The minimum absolute atomic E-state index is 0.0281. The average molecular weight is 408 g/mol. The first-order valence-electron chi connectivity index (χ1n) is 7.34. The molecule has 8 heteroatoms. The third kappa shape index (κ3) is 2.98. The van der Waals surface area contributed by atoms with Crippen LogP contribution in [-0.4, -0.2) is 57.0 Å². The van der Waals surface area contributed by atoms with Crippen LogP contribution < -0.4 is 0 Å². The van der Waals surface area contributed by atoms with Crippen molar-refractivity contribution >= 4 is 26.2 Å². The maximum absolute atomic E-state index is 14.0. The minimum atomic E-state index is -4.94. The predicted octanol–water partition coefficient (Wildman–Crippen LogP) is 2.23. The molecule has 1 fully saturated rings. The number of alkyl halides is 3. The first kappa shape index (κ1) is 19.0. The van der Waals surface area contributed by atoms with E-state index in [-0.39, 0.29) is 22.8 Å². The molecule has 0 spiro atoms. The molecule has 0 bridgehead atoms. The number of ether oxygens (including phenoxy) is 2. The zero-order chi connectivity index (χ0) is 18.1. The summed E-state index contributed by atoms with van der Waals surface area (Å²) in [7, 11) is 0.888. The summed E-state index contributed by atoms with van der Waals surface area (Å²) in [5, 5.41) is 0. The van der Waals surface area contributed by atoms with Crippen LogP contribution in [0.3, 0.4) is 0 Å². The summed E-state index contributed by atoms with van der Waals surface area (Å²) in [5.74, 6) is -1.30. The standard InChI is InChI=1S/C16H18F3NO3Se/c1-10(2)12-9-23-14(24)20(12)13(21)15(22-3,16(17,18)19)11-7-5-4-6-8-11/h4-8,10,12H,9H2,1-3H3/t12-,15-/m1/s1. The van der Waals surface area contributed by atoms with Gasteiger partial charge in [0.1, 0.15) is 0 Å². The molecule has 4 nitrogen and oxygen atoms in total. The van der Waals surface area contributed by atoms with Crippen LogP contribution in [-0.2, 0) is 19.9 Å². The van der Waals surface area contributed by atoms with E-state index in [1.165, 1.54) is 24.3 Å². The first-order valence-corrected chi connectivity index (χ1v) is 8.20. The Hall–Kier alpha value is -1.37. The number of hydrogen-bond donors (Lipinski definition) is 0. The van der Waals surface area contributed by atoms with Crippen LogP contribution >= 0.6 is 0 Å². The normalized spacial score (nSPS) is 20.9. The summed E-state index contributed by atoms with van der Waals surface area (Å²) in [5.41, 5.74) is -3.36. The number of carbonyl (C=O) groups is 1. The number of rotatable bonds is 4. The van der Waals surface area contributed by atoms with Gasteiger partial charge in [0.2, 0.25) is 0 Å². The van der Waals surface area contributed by atoms with Crippen molar-refractivity contribution in [3.63, 3.8) is 0 Å². The Bertz CT molecular complexity index is 621. The van der Waals surface area contributed by atoms with Crippen LogP contribution in [0.4, 0.5) is 13.2 Å². The number of methoxy groups -OCH3 is 1. The quantitative estimate of drug-likeness (QED) is 0.718. The second kappa shape index (κ2) is 6.86. The van der Waals surface area contributed by atoms with Crippen molar-refractivity contribution in [2.75, 3.05) is 13.7 Å². The van der Waals surface area contributed by atoms with E-state index in [1.807, 2.05) is 13.8 Å². The molecular formula is C16H18F3NO3Se. The Morgan fingerprint density at radius 3 is 2.38 bits per heavy atom. The van der Waals surface area contributed by atoms with Crippen molar-refractivity contribution < 1.29 is 27.4 Å². The van der Waals surface area contributed by atoms with E-state index in [0.717, 1.165) is 12.0 Å². The Morgan fingerprint density at radius 2 is 1.92 bits per heavy atom. The summed E-state index contributed by atoms with van der Waals surface area (Å²) >= 11 is 2.53. The van der Waals surface area contributed by atoms with Crippen LogP contribution in [0, 0.1) is 5.92 Å². The van der Waals surface area contributed by atoms with Gasteiger partial charge in [-0.25, -0.2) is 0 Å². The second-order valence-electron chi connectivity index (χ2n) is 5.81. The molecule has 1 heterocycles. The molecule has 2 atom stereocenters. The third-order valence-corrected chi connectivity index (χ3v) is 4.74. The van der Waals surface area contributed by atoms with Gasteiger partial charge in [-0.1, -0.05) is 0 Å². The Kier molecular flexibility index (Phi) is 5.42. The van der Waals surface area contributed by atoms with Gasteiger partial charge in [-0.3, -0.25) is 0 Å². The van der Waals surface area contributed by atoms with E-state index < -0.39 is 23.7 Å². The van der Waals surface area contributed by atoms with Crippen LogP contribution in [0.15, 0.2) is 30.3 Å². The molecule has 132 valence electrons. The van der Waals surface area contributed by atoms with Gasteiger partial charge in [0.25, 0.3) is 0 Å². The summed E-state index contributed by atoms with van der Waals surface area (Å²) in [6, 6.07) is 6.40. The first-order chi connectivity index (χ1) is 11.2. The van der Waals surface area contributed by atoms with Gasteiger partial charge in [0.15, 0.2) is 0 Å². The van der Waals surface area contributed by atoms with Gasteiger partial charge < -0.3 is 0 Å². The third-order valence-electron chi connectivity index (χ3n) is 4.08. The molecule has 1 aliphatic heterocycles. The molecule has 1 aromatic rings. The van der Waals surface area contributed by atoms with E-state index in [2.05, 4.69) is 15.6 Å². The van der Waals surface area contributed by atoms with E-state index in [4.69, 9.17) is 9.47 Å². The number of nitrogens with zero attached hydrogens (tertiary/aromatic N) is 1. The zero-order valence-electron chi connectivity index (χ0n) is 13.5. The zero-order valence-corrected chi connectivity index (χ0v) is 15.2. The van der Waals surface area contributed by atoms with E-state index in [0.29, 0.717) is 0 Å². The summed E-state index contributed by atoms with van der Waals surface area (Å²) in [6.45, 7) is 3.77. The Labute approximate surface area is 146 Å². The van der Waals surface area contributed by atoms with Gasteiger partial charge in [0, 0.05) is 0 Å². The fourth-order valence-corrected chi connectivity index (χ4v) is 3.33. The molecule has 1 saturated heterocycles. The van der Waals surface area contributed by atoms with Crippen molar-refractivity contribution in [3.05, 3.63) is 35.9 Å². The number of halogens is 3. The molecule has 0 N–H and O–H groups in total. The number of hydrogen-bond acceptors (Lipinski definition) is 3. The molecule has 24 heavy (non-hydrogen) atoms. The fraction of sp³-hybridized carbons (Fsp3) is 0.500. The molecule has 0 saturated carbocycles. The van der Waals surface area contributed by atoms with Crippen molar-refractivity contribution in [3.8, 4) is 0 Å². The van der Waals surface area contributed by atoms with Gasteiger partial charge in [-0.2, -0.15) is 0 Å². The average Bonchev–Trinajstić information content (AvgIpc) is 2.90. The molecule has 1 aromatic carbocycles. The molecule has 1 amide bonds. The van der Waals surface area contributed by atoms with Gasteiger partial charge in [-0.05, 0) is 0 Å². The van der Waals surface area contributed by atoms with Gasteiger partial charge >= 0.3 is 146 Å². The van der Waals surface area contributed by atoms with Crippen molar-refractivity contribution in [1.29, 1.82) is 0 Å². The molecular weight excluding hydrogens is 390 g/mol. The molecule has 0 aromatic heterocycles. The SMILES string of the molecule is CO[C@@](C(=O)N1C(=[Se])OC[C@@H]1C(C)C)(c1ccccc1)C(F)(F)F. The van der Waals surface area contributed by atoms with E-state index in [9.17, 15) is 18.0 Å². The predicted molar refractivity (Wildman–Crippen MR) is 83.4 cm³/mol. The number of carbonyl (C=O) groups excluding carboxylic acids is 1. The van der Waals surface area contributed by atoms with E-state index >= 15 is 0 Å². The molecule has 0 radical (unpaired) electrons. The summed E-state index contributed by atoms with van der Waals surface area (Å²) in [4.78, 5) is 14.1. The maximum atomic E-state index is 14.0. The number of benzene rings is 1. The molecule has 2 rings (SSSR count). The van der Waals surface area contributed by atoms with Crippen LogP contribution in [0.2, 0.25) is 0 Å². The molecule has 1 aliphatic rings. The van der Waals surface area contributed by atoms with Gasteiger partial charge in [0.05, 0.1) is 0 Å². The topological polar surface area (TPSA) is 38.8 Å².